The van der Waals surface area contributed by atoms with Gasteiger partial charge in [-0.15, -0.1) is 5.10 Å². The highest BCUT2D eigenvalue weighted by atomic mass is 19.1. The van der Waals surface area contributed by atoms with Gasteiger partial charge < -0.3 is 4.74 Å². The smallest absolute Gasteiger partial charge is 0.139 e. The molecule has 0 saturated carbocycles. The highest BCUT2D eigenvalue weighted by molar-refractivity contribution is 5.35. The average molecular weight is 361 g/mol. The van der Waals surface area contributed by atoms with Gasteiger partial charge in [0.05, 0.1) is 36.6 Å². The number of hydrogen-bond acceptors (Lipinski definition) is 5. The van der Waals surface area contributed by atoms with E-state index >= 15 is 0 Å². The van der Waals surface area contributed by atoms with Crippen molar-refractivity contribution in [1.29, 1.82) is 0 Å². The normalized spacial score (nSPS) is 17.9. The standard InChI is InChI=1S/C19H28FN5O/c1-19(2,7-4-5-8-20)18-13-25(23-22-18)16-10-17(12-21-11-16)26-14-15-6-9-24(15)3/h10-13,15H,4-9,14H2,1-3H3. The number of hydrogen-bond donors (Lipinski definition) is 0. The minimum Gasteiger partial charge on any atom is -0.490 e. The molecule has 0 aromatic carbocycles. The van der Waals surface area contributed by atoms with E-state index in [2.05, 4.69) is 41.1 Å². The van der Waals surface area contributed by atoms with E-state index in [0.717, 1.165) is 36.5 Å². The van der Waals surface area contributed by atoms with Crippen LogP contribution in [0.1, 0.15) is 45.2 Å². The van der Waals surface area contributed by atoms with Crippen LogP contribution < -0.4 is 4.74 Å². The van der Waals surface area contributed by atoms with Crippen LogP contribution in [0, 0.1) is 0 Å². The second-order valence-electron chi connectivity index (χ2n) is 7.69. The van der Waals surface area contributed by atoms with Crippen molar-refractivity contribution in [1.82, 2.24) is 24.9 Å². The minimum atomic E-state index is -0.266. The van der Waals surface area contributed by atoms with Gasteiger partial charge in [-0.3, -0.25) is 14.3 Å². The Morgan fingerprint density at radius 2 is 2.15 bits per heavy atom. The molecule has 3 rings (SSSR count). The molecule has 0 radical (unpaired) electrons. The summed E-state index contributed by atoms with van der Waals surface area (Å²) in [5.41, 5.74) is 1.59. The summed E-state index contributed by atoms with van der Waals surface area (Å²) < 4.78 is 19.9. The monoisotopic (exact) mass is 361 g/mol. The third kappa shape index (κ3) is 4.38. The van der Waals surface area contributed by atoms with Crippen LogP contribution in [0.15, 0.2) is 24.7 Å². The first-order valence-corrected chi connectivity index (χ1v) is 9.27. The van der Waals surface area contributed by atoms with E-state index in [1.165, 1.54) is 6.42 Å². The number of unbranched alkanes of at least 4 members (excludes halogenated alkanes) is 1. The summed E-state index contributed by atoms with van der Waals surface area (Å²) in [6, 6.07) is 2.42. The first-order valence-electron chi connectivity index (χ1n) is 9.27. The first-order chi connectivity index (χ1) is 12.5. The van der Waals surface area contributed by atoms with Gasteiger partial charge in [-0.05, 0) is 39.3 Å². The van der Waals surface area contributed by atoms with Gasteiger partial charge in [0.15, 0.2) is 0 Å². The molecule has 0 bridgehead atoms. The zero-order valence-electron chi connectivity index (χ0n) is 15.9. The van der Waals surface area contributed by atoms with Crippen molar-refractivity contribution in [3.05, 3.63) is 30.4 Å². The highest BCUT2D eigenvalue weighted by Crippen LogP contribution is 2.28. The molecule has 7 heteroatoms. The molecule has 0 aliphatic carbocycles. The van der Waals surface area contributed by atoms with Crippen LogP contribution in [0.2, 0.25) is 0 Å². The quantitative estimate of drug-likeness (QED) is 0.642. The van der Waals surface area contributed by atoms with E-state index in [4.69, 9.17) is 4.74 Å². The van der Waals surface area contributed by atoms with Crippen LogP contribution in [-0.2, 0) is 5.41 Å². The lowest BCUT2D eigenvalue weighted by Gasteiger charge is -2.37. The first kappa shape index (κ1) is 18.8. The van der Waals surface area contributed by atoms with Crippen molar-refractivity contribution in [3.8, 4) is 11.4 Å². The molecule has 2 aromatic heterocycles. The zero-order chi connectivity index (χ0) is 18.6. The molecule has 1 fully saturated rings. The predicted octanol–water partition coefficient (Wildman–Crippen LogP) is 3.16. The molecule has 3 heterocycles. The maximum Gasteiger partial charge on any atom is 0.139 e. The van der Waals surface area contributed by atoms with Gasteiger partial charge in [-0.25, -0.2) is 4.68 Å². The van der Waals surface area contributed by atoms with E-state index in [9.17, 15) is 4.39 Å². The summed E-state index contributed by atoms with van der Waals surface area (Å²) in [6.45, 7) is 5.78. The van der Waals surface area contributed by atoms with Crippen molar-refractivity contribution in [2.24, 2.45) is 0 Å². The summed E-state index contributed by atoms with van der Waals surface area (Å²) in [5, 5.41) is 8.57. The summed E-state index contributed by atoms with van der Waals surface area (Å²) in [4.78, 5) is 6.55. The number of likely N-dealkylation sites (tertiary alicyclic amines) is 1. The lowest BCUT2D eigenvalue weighted by molar-refractivity contribution is 0.0767. The Morgan fingerprint density at radius 1 is 1.31 bits per heavy atom. The largest absolute Gasteiger partial charge is 0.490 e. The Balaban J connectivity index is 1.65. The van der Waals surface area contributed by atoms with Gasteiger partial charge in [0, 0.05) is 17.5 Å². The molecule has 1 saturated heterocycles. The van der Waals surface area contributed by atoms with Gasteiger partial charge in [0.25, 0.3) is 0 Å². The second kappa shape index (κ2) is 8.12. The van der Waals surface area contributed by atoms with E-state index in [-0.39, 0.29) is 12.1 Å². The van der Waals surface area contributed by atoms with Crippen molar-refractivity contribution >= 4 is 0 Å². The fourth-order valence-electron chi connectivity index (χ4n) is 3.07. The minimum absolute atomic E-state index is 0.135. The predicted molar refractivity (Wildman–Crippen MR) is 98.5 cm³/mol. The van der Waals surface area contributed by atoms with Gasteiger partial charge in [0.2, 0.25) is 0 Å². The Morgan fingerprint density at radius 3 is 2.85 bits per heavy atom. The highest BCUT2D eigenvalue weighted by Gasteiger charge is 2.25. The number of ether oxygens (including phenoxy) is 1. The van der Waals surface area contributed by atoms with Crippen molar-refractivity contribution in [2.75, 3.05) is 26.9 Å². The summed E-state index contributed by atoms with van der Waals surface area (Å²) >= 11 is 0. The lowest BCUT2D eigenvalue weighted by atomic mass is 9.84. The maximum atomic E-state index is 12.3. The topological polar surface area (TPSA) is 56.1 Å². The molecule has 1 unspecified atom stereocenters. The Bertz CT molecular complexity index is 717. The van der Waals surface area contributed by atoms with Crippen molar-refractivity contribution in [3.63, 3.8) is 0 Å². The Hall–Kier alpha value is -2.02. The third-order valence-electron chi connectivity index (χ3n) is 5.22. The zero-order valence-corrected chi connectivity index (χ0v) is 15.9. The Labute approximate surface area is 154 Å². The average Bonchev–Trinajstić information content (AvgIpc) is 3.12. The fraction of sp³-hybridized carbons (Fsp3) is 0.632. The number of nitrogens with zero attached hydrogens (tertiary/aromatic N) is 5. The molecule has 0 spiro atoms. The van der Waals surface area contributed by atoms with Crippen LogP contribution in [0.5, 0.6) is 5.75 Å². The number of likely N-dealkylation sites (N-methyl/N-ethyl adjacent to an activating group) is 1. The Kier molecular flexibility index (Phi) is 5.86. The van der Waals surface area contributed by atoms with Crippen molar-refractivity contribution < 1.29 is 9.13 Å². The van der Waals surface area contributed by atoms with E-state index < -0.39 is 0 Å². The molecule has 0 amide bonds. The summed E-state index contributed by atoms with van der Waals surface area (Å²) in [6.07, 6.45) is 8.89. The van der Waals surface area contributed by atoms with Crippen LogP contribution in [0.25, 0.3) is 5.69 Å². The number of halogens is 1. The third-order valence-corrected chi connectivity index (χ3v) is 5.22. The van der Waals surface area contributed by atoms with E-state index in [1.54, 1.807) is 17.1 Å². The van der Waals surface area contributed by atoms with Gasteiger partial charge in [-0.1, -0.05) is 19.1 Å². The SMILES string of the molecule is CN1CCC1COc1cncc(-n2cc(C(C)(C)CCCCF)nn2)c1. The fourth-order valence-corrected chi connectivity index (χ4v) is 3.07. The molecule has 6 nitrogen and oxygen atoms in total. The number of alkyl halides is 1. The molecule has 1 aliphatic rings. The molecule has 0 N–H and O–H groups in total. The van der Waals surface area contributed by atoms with Crippen molar-refractivity contribution in [2.45, 2.75) is 51.0 Å². The van der Waals surface area contributed by atoms with Gasteiger partial charge >= 0.3 is 0 Å². The van der Waals surface area contributed by atoms with E-state index in [0.29, 0.717) is 19.1 Å². The van der Waals surface area contributed by atoms with Crippen LogP contribution in [-0.4, -0.2) is 57.8 Å². The van der Waals surface area contributed by atoms with Gasteiger partial charge in [0.1, 0.15) is 12.4 Å². The molecular formula is C19H28FN5O. The van der Waals surface area contributed by atoms with Crippen LogP contribution in [0.4, 0.5) is 4.39 Å². The summed E-state index contributed by atoms with van der Waals surface area (Å²) in [5.74, 6) is 0.738. The second-order valence-corrected chi connectivity index (χ2v) is 7.69. The number of aromatic nitrogens is 4. The summed E-state index contributed by atoms with van der Waals surface area (Å²) in [7, 11) is 2.11. The van der Waals surface area contributed by atoms with Crippen LogP contribution in [0.3, 0.4) is 0 Å². The molecule has 26 heavy (non-hydrogen) atoms. The lowest BCUT2D eigenvalue weighted by Crippen LogP contribution is -2.48. The number of rotatable bonds is 9. The maximum absolute atomic E-state index is 12.3. The molecule has 142 valence electrons. The molecule has 1 atom stereocenters. The van der Waals surface area contributed by atoms with Crippen LogP contribution >= 0.6 is 0 Å². The number of pyridine rings is 1. The molecular weight excluding hydrogens is 333 g/mol. The molecule has 1 aliphatic heterocycles. The van der Waals surface area contributed by atoms with Gasteiger partial charge in [-0.2, -0.15) is 0 Å². The van der Waals surface area contributed by atoms with E-state index in [1.807, 2.05) is 12.3 Å². The molecule has 2 aromatic rings.